The lowest BCUT2D eigenvalue weighted by Crippen LogP contribution is -2.47. The molecule has 0 aliphatic carbocycles. The van der Waals surface area contributed by atoms with Crippen LogP contribution < -0.4 is 15.4 Å². The summed E-state index contributed by atoms with van der Waals surface area (Å²) >= 11 is 0. The van der Waals surface area contributed by atoms with E-state index < -0.39 is 6.10 Å². The van der Waals surface area contributed by atoms with Crippen LogP contribution in [0.3, 0.4) is 0 Å². The van der Waals surface area contributed by atoms with Gasteiger partial charge >= 0.3 is 5.97 Å². The van der Waals surface area contributed by atoms with Gasteiger partial charge in [-0.25, -0.2) is 0 Å². The van der Waals surface area contributed by atoms with Crippen LogP contribution in [0.1, 0.15) is 18.4 Å². The fourth-order valence-corrected chi connectivity index (χ4v) is 2.25. The average Bonchev–Trinajstić information content (AvgIpc) is 2.64. The van der Waals surface area contributed by atoms with E-state index in [4.69, 9.17) is 9.47 Å². The van der Waals surface area contributed by atoms with Gasteiger partial charge in [-0.15, -0.1) is 12.4 Å². The van der Waals surface area contributed by atoms with Crippen LogP contribution in [0.4, 0.5) is 0 Å². The molecule has 1 saturated heterocycles. The van der Waals surface area contributed by atoms with E-state index in [0.29, 0.717) is 39.1 Å². The highest BCUT2D eigenvalue weighted by Gasteiger charge is 2.21. The third-order valence-electron chi connectivity index (χ3n) is 3.63. The van der Waals surface area contributed by atoms with Crippen LogP contribution in [0.5, 0.6) is 5.75 Å². The van der Waals surface area contributed by atoms with Gasteiger partial charge in [-0.3, -0.25) is 9.59 Å². The molecular weight excluding hydrogens is 348 g/mol. The summed E-state index contributed by atoms with van der Waals surface area (Å²) in [5.74, 6) is 0.391. The molecule has 0 radical (unpaired) electrons. The molecule has 0 spiro atoms. The van der Waals surface area contributed by atoms with Crippen molar-refractivity contribution in [2.45, 2.75) is 25.5 Å². The Morgan fingerprint density at radius 2 is 2.08 bits per heavy atom. The number of hydrogen-bond acceptors (Lipinski definition) is 6. The summed E-state index contributed by atoms with van der Waals surface area (Å²) in [5, 5.41) is 5.99. The van der Waals surface area contributed by atoms with E-state index >= 15 is 0 Å². The van der Waals surface area contributed by atoms with Crippen molar-refractivity contribution in [1.82, 2.24) is 10.6 Å². The molecular formula is C17H25ClN2O5. The van der Waals surface area contributed by atoms with Crippen molar-refractivity contribution in [3.05, 3.63) is 29.8 Å². The molecule has 140 valence electrons. The second-order valence-electron chi connectivity index (χ2n) is 5.45. The van der Waals surface area contributed by atoms with Crippen LogP contribution in [-0.4, -0.2) is 51.4 Å². The number of carbonyl (C=O) groups excluding carboxylic acids is 2. The Balaban J connectivity index is 0.00000312. The van der Waals surface area contributed by atoms with Gasteiger partial charge in [0.15, 0.2) is 0 Å². The maximum absolute atomic E-state index is 12.0. The molecule has 0 bridgehead atoms. The summed E-state index contributed by atoms with van der Waals surface area (Å²) in [6.45, 7) is 2.79. The van der Waals surface area contributed by atoms with Crippen molar-refractivity contribution >= 4 is 24.3 Å². The van der Waals surface area contributed by atoms with Crippen LogP contribution in [0, 0.1) is 0 Å². The summed E-state index contributed by atoms with van der Waals surface area (Å²) < 4.78 is 15.5. The van der Waals surface area contributed by atoms with Crippen molar-refractivity contribution in [2.24, 2.45) is 0 Å². The molecule has 1 atom stereocenters. The second kappa shape index (κ2) is 11.7. The molecule has 1 unspecified atom stereocenters. The number of ether oxygens (including phenoxy) is 3. The highest BCUT2D eigenvalue weighted by Crippen LogP contribution is 2.13. The monoisotopic (exact) mass is 372 g/mol. The molecule has 1 amide bonds. The van der Waals surface area contributed by atoms with Crippen LogP contribution in [0.15, 0.2) is 24.3 Å². The largest absolute Gasteiger partial charge is 0.494 e. The number of morpholine rings is 1. The zero-order chi connectivity index (χ0) is 17.2. The molecule has 2 rings (SSSR count). The Labute approximate surface area is 153 Å². The molecule has 1 aromatic carbocycles. The predicted octanol–water partition coefficient (Wildman–Crippen LogP) is 1.04. The Hall–Kier alpha value is -1.83. The van der Waals surface area contributed by atoms with Crippen molar-refractivity contribution in [2.75, 3.05) is 33.4 Å². The lowest BCUT2D eigenvalue weighted by atomic mass is 10.2. The minimum absolute atomic E-state index is 0. The second-order valence-corrected chi connectivity index (χ2v) is 5.45. The first-order valence-electron chi connectivity index (χ1n) is 8.07. The summed E-state index contributed by atoms with van der Waals surface area (Å²) in [5.41, 5.74) is 0.981. The maximum Gasteiger partial charge on any atom is 0.305 e. The molecule has 25 heavy (non-hydrogen) atoms. The van der Waals surface area contributed by atoms with Crippen molar-refractivity contribution in [3.8, 4) is 5.75 Å². The van der Waals surface area contributed by atoms with Gasteiger partial charge < -0.3 is 24.8 Å². The van der Waals surface area contributed by atoms with Crippen molar-refractivity contribution in [1.29, 1.82) is 0 Å². The van der Waals surface area contributed by atoms with E-state index in [2.05, 4.69) is 15.4 Å². The summed E-state index contributed by atoms with van der Waals surface area (Å²) in [6.07, 6.45) is 0.537. The predicted molar refractivity (Wildman–Crippen MR) is 94.9 cm³/mol. The lowest BCUT2D eigenvalue weighted by molar-refractivity contribution is -0.140. The number of halogens is 1. The lowest BCUT2D eigenvalue weighted by Gasteiger charge is -2.22. The summed E-state index contributed by atoms with van der Waals surface area (Å²) in [4.78, 5) is 22.9. The molecule has 1 aliphatic rings. The Morgan fingerprint density at radius 1 is 1.32 bits per heavy atom. The van der Waals surface area contributed by atoms with Crippen LogP contribution >= 0.6 is 12.4 Å². The average molecular weight is 373 g/mol. The van der Waals surface area contributed by atoms with Gasteiger partial charge in [-0.1, -0.05) is 12.1 Å². The number of rotatable bonds is 8. The van der Waals surface area contributed by atoms with Crippen LogP contribution in [0.2, 0.25) is 0 Å². The first-order valence-corrected chi connectivity index (χ1v) is 8.07. The summed E-state index contributed by atoms with van der Waals surface area (Å²) in [6, 6.07) is 7.49. The third-order valence-corrected chi connectivity index (χ3v) is 3.63. The highest BCUT2D eigenvalue weighted by atomic mass is 35.5. The number of carbonyl (C=O) groups is 2. The molecule has 1 heterocycles. The van der Waals surface area contributed by atoms with E-state index in [1.165, 1.54) is 7.11 Å². The number of esters is 1. The molecule has 1 aliphatic heterocycles. The SMILES string of the molecule is COC(=O)CCCOc1ccc(CNC(=O)C2CNCCO2)cc1.Cl. The van der Waals surface area contributed by atoms with Crippen LogP contribution in [0.25, 0.3) is 0 Å². The standard InChI is InChI=1S/C17H24N2O5.ClH/c1-22-16(20)3-2-9-23-14-6-4-13(5-7-14)11-19-17(21)15-12-18-8-10-24-15;/h4-7,15,18H,2-3,8-12H2,1H3,(H,19,21);1H. The number of methoxy groups -OCH3 is 1. The Kier molecular flexibility index (Phi) is 9.91. The molecule has 1 fully saturated rings. The van der Waals surface area contributed by atoms with Gasteiger partial charge in [0.05, 0.1) is 20.3 Å². The zero-order valence-corrected chi connectivity index (χ0v) is 15.1. The number of amides is 1. The Morgan fingerprint density at radius 3 is 2.72 bits per heavy atom. The normalized spacial score (nSPS) is 16.4. The van der Waals surface area contributed by atoms with Gasteiger partial charge in [0, 0.05) is 26.1 Å². The molecule has 2 N–H and O–H groups in total. The molecule has 7 nitrogen and oxygen atoms in total. The van der Waals surface area contributed by atoms with Gasteiger partial charge in [-0.05, 0) is 24.1 Å². The highest BCUT2D eigenvalue weighted by molar-refractivity contribution is 5.85. The quantitative estimate of drug-likeness (QED) is 0.524. The molecule has 0 aromatic heterocycles. The molecule has 8 heteroatoms. The van der Waals surface area contributed by atoms with Crippen LogP contribution in [-0.2, 0) is 25.6 Å². The van der Waals surface area contributed by atoms with Gasteiger partial charge in [0.1, 0.15) is 11.9 Å². The minimum Gasteiger partial charge on any atom is -0.494 e. The topological polar surface area (TPSA) is 85.9 Å². The third kappa shape index (κ3) is 7.72. The first kappa shape index (κ1) is 21.2. The number of nitrogens with one attached hydrogen (secondary N) is 2. The van der Waals surface area contributed by atoms with E-state index in [1.54, 1.807) is 0 Å². The smallest absolute Gasteiger partial charge is 0.305 e. The van der Waals surface area contributed by atoms with Gasteiger partial charge in [0.25, 0.3) is 5.91 Å². The zero-order valence-electron chi connectivity index (χ0n) is 14.3. The maximum atomic E-state index is 12.0. The molecule has 0 saturated carbocycles. The molecule has 1 aromatic rings. The van der Waals surface area contributed by atoms with E-state index in [0.717, 1.165) is 17.9 Å². The van der Waals surface area contributed by atoms with Gasteiger partial charge in [-0.2, -0.15) is 0 Å². The van der Waals surface area contributed by atoms with E-state index in [9.17, 15) is 9.59 Å². The number of hydrogen-bond donors (Lipinski definition) is 2. The van der Waals surface area contributed by atoms with Gasteiger partial charge in [0.2, 0.25) is 0 Å². The Bertz CT molecular complexity index is 532. The number of benzene rings is 1. The van der Waals surface area contributed by atoms with E-state index in [1.807, 2.05) is 24.3 Å². The van der Waals surface area contributed by atoms with Crippen molar-refractivity contribution < 1.29 is 23.8 Å². The first-order chi connectivity index (χ1) is 11.7. The fourth-order valence-electron chi connectivity index (χ4n) is 2.25. The van der Waals surface area contributed by atoms with Crippen molar-refractivity contribution in [3.63, 3.8) is 0 Å². The fraction of sp³-hybridized carbons (Fsp3) is 0.529. The summed E-state index contributed by atoms with van der Waals surface area (Å²) in [7, 11) is 1.37. The minimum atomic E-state index is -0.420. The van der Waals surface area contributed by atoms with E-state index in [-0.39, 0.29) is 24.3 Å².